The van der Waals surface area contributed by atoms with Gasteiger partial charge in [0.05, 0.1) is 17.1 Å². The minimum Gasteiger partial charge on any atom is -0.358 e. The quantitative estimate of drug-likeness (QED) is 0.646. The number of nitrogens with one attached hydrogen (secondary N) is 1. The predicted molar refractivity (Wildman–Crippen MR) is 54.2 cm³/mol. The van der Waals surface area contributed by atoms with Crippen molar-refractivity contribution in [1.82, 2.24) is 9.97 Å². The van der Waals surface area contributed by atoms with Crippen LogP contribution in [0.5, 0.6) is 0 Å². The molecule has 0 atom stereocenters. The SMILES string of the molecule is O=Cc1ncc(F)c2c(I)c[nH]c12. The van der Waals surface area contributed by atoms with Crippen LogP contribution in [-0.4, -0.2) is 16.3 Å². The number of pyridine rings is 1. The second-order valence-electron chi connectivity index (χ2n) is 2.50. The van der Waals surface area contributed by atoms with Gasteiger partial charge >= 0.3 is 0 Å². The van der Waals surface area contributed by atoms with E-state index in [9.17, 15) is 9.18 Å². The van der Waals surface area contributed by atoms with Crippen LogP contribution < -0.4 is 0 Å². The minimum atomic E-state index is -0.411. The van der Waals surface area contributed by atoms with Crippen molar-refractivity contribution in [3.05, 3.63) is 27.5 Å². The predicted octanol–water partition coefficient (Wildman–Crippen LogP) is 2.12. The number of aromatic nitrogens is 2. The Balaban J connectivity index is 2.95. The van der Waals surface area contributed by atoms with E-state index in [4.69, 9.17) is 0 Å². The Morgan fingerprint density at radius 1 is 1.62 bits per heavy atom. The van der Waals surface area contributed by atoms with Crippen LogP contribution in [0.2, 0.25) is 0 Å². The van der Waals surface area contributed by atoms with Crippen molar-refractivity contribution in [2.75, 3.05) is 0 Å². The van der Waals surface area contributed by atoms with E-state index < -0.39 is 5.82 Å². The molecule has 2 aromatic rings. The third-order valence-corrected chi connectivity index (χ3v) is 2.61. The Labute approximate surface area is 86.5 Å². The molecular formula is C8H4FIN2O. The Morgan fingerprint density at radius 3 is 3.08 bits per heavy atom. The summed E-state index contributed by atoms with van der Waals surface area (Å²) in [4.78, 5) is 17.0. The zero-order valence-corrected chi connectivity index (χ0v) is 8.50. The van der Waals surface area contributed by atoms with Gasteiger partial charge in [0.25, 0.3) is 0 Å². The van der Waals surface area contributed by atoms with Gasteiger partial charge in [0, 0.05) is 9.77 Å². The molecule has 0 unspecified atom stereocenters. The molecule has 0 aliphatic heterocycles. The lowest BCUT2D eigenvalue weighted by atomic mass is 10.2. The molecule has 0 aliphatic rings. The first-order chi connectivity index (χ1) is 6.24. The standard InChI is InChI=1S/C8H4FIN2O/c9-4-1-11-6(3-13)8-7(4)5(10)2-12-8/h1-3,12H. The van der Waals surface area contributed by atoms with Crippen LogP contribution in [-0.2, 0) is 0 Å². The van der Waals surface area contributed by atoms with Crippen molar-refractivity contribution in [1.29, 1.82) is 0 Å². The number of carbonyl (C=O) groups is 1. The molecule has 0 spiro atoms. The molecule has 0 bridgehead atoms. The van der Waals surface area contributed by atoms with Crippen molar-refractivity contribution in [3.8, 4) is 0 Å². The molecule has 13 heavy (non-hydrogen) atoms. The van der Waals surface area contributed by atoms with Gasteiger partial charge in [-0.15, -0.1) is 0 Å². The van der Waals surface area contributed by atoms with Crippen LogP contribution in [0, 0.1) is 9.39 Å². The molecule has 0 saturated carbocycles. The summed E-state index contributed by atoms with van der Waals surface area (Å²) >= 11 is 2.00. The lowest BCUT2D eigenvalue weighted by Crippen LogP contribution is -1.90. The topological polar surface area (TPSA) is 45.8 Å². The van der Waals surface area contributed by atoms with Gasteiger partial charge in [-0.2, -0.15) is 0 Å². The number of H-pyrrole nitrogens is 1. The van der Waals surface area contributed by atoms with Gasteiger partial charge < -0.3 is 4.98 Å². The number of halogens is 2. The molecule has 0 aromatic carbocycles. The van der Waals surface area contributed by atoms with Gasteiger partial charge in [-0.05, 0) is 22.6 Å². The number of aromatic amines is 1. The molecule has 2 rings (SSSR count). The molecule has 66 valence electrons. The van der Waals surface area contributed by atoms with E-state index in [1.807, 2.05) is 22.6 Å². The monoisotopic (exact) mass is 290 g/mol. The first-order valence-corrected chi connectivity index (χ1v) is 4.58. The lowest BCUT2D eigenvalue weighted by molar-refractivity contribution is 0.112. The summed E-state index contributed by atoms with van der Waals surface area (Å²) in [5.74, 6) is -0.411. The Morgan fingerprint density at radius 2 is 2.38 bits per heavy atom. The lowest BCUT2D eigenvalue weighted by Gasteiger charge is -1.95. The molecule has 0 saturated heterocycles. The fourth-order valence-corrected chi connectivity index (χ4v) is 1.86. The average molecular weight is 290 g/mol. The van der Waals surface area contributed by atoms with E-state index in [1.165, 1.54) is 0 Å². The molecule has 5 heteroatoms. The second-order valence-corrected chi connectivity index (χ2v) is 3.66. The summed E-state index contributed by atoms with van der Waals surface area (Å²) in [6.45, 7) is 0. The fourth-order valence-electron chi connectivity index (χ4n) is 1.18. The van der Waals surface area contributed by atoms with Crippen LogP contribution in [0.1, 0.15) is 10.5 Å². The van der Waals surface area contributed by atoms with E-state index in [1.54, 1.807) is 6.20 Å². The molecule has 0 fully saturated rings. The largest absolute Gasteiger partial charge is 0.358 e. The first-order valence-electron chi connectivity index (χ1n) is 3.50. The third-order valence-electron chi connectivity index (χ3n) is 1.76. The highest BCUT2D eigenvalue weighted by Gasteiger charge is 2.10. The highest BCUT2D eigenvalue weighted by molar-refractivity contribution is 14.1. The smallest absolute Gasteiger partial charge is 0.170 e. The normalized spacial score (nSPS) is 10.6. The number of carbonyl (C=O) groups excluding carboxylic acids is 1. The summed E-state index contributed by atoms with van der Waals surface area (Å²) in [5, 5.41) is 0.428. The maximum atomic E-state index is 13.2. The highest BCUT2D eigenvalue weighted by atomic mass is 127. The minimum absolute atomic E-state index is 0.235. The first kappa shape index (κ1) is 8.61. The number of hydrogen-bond donors (Lipinski definition) is 1. The summed E-state index contributed by atoms with van der Waals surface area (Å²) in [7, 11) is 0. The van der Waals surface area contributed by atoms with Crippen molar-refractivity contribution in [2.45, 2.75) is 0 Å². The third kappa shape index (κ3) is 1.23. The summed E-state index contributed by atoms with van der Waals surface area (Å²) in [5.41, 5.74) is 0.693. The van der Waals surface area contributed by atoms with Gasteiger partial charge in [0.2, 0.25) is 0 Å². The number of aldehydes is 1. The molecule has 0 aliphatic carbocycles. The molecule has 0 amide bonds. The van der Waals surface area contributed by atoms with Crippen LogP contribution in [0.4, 0.5) is 4.39 Å². The fraction of sp³-hybridized carbons (Fsp3) is 0. The summed E-state index contributed by atoms with van der Waals surface area (Å²) in [6, 6.07) is 0. The van der Waals surface area contributed by atoms with Gasteiger partial charge in [-0.3, -0.25) is 4.79 Å². The zero-order valence-electron chi connectivity index (χ0n) is 6.34. The van der Waals surface area contributed by atoms with Crippen LogP contribution in [0.15, 0.2) is 12.4 Å². The molecule has 1 N–H and O–H groups in total. The van der Waals surface area contributed by atoms with E-state index >= 15 is 0 Å². The number of nitrogens with zero attached hydrogens (tertiary/aromatic N) is 1. The van der Waals surface area contributed by atoms with Crippen molar-refractivity contribution < 1.29 is 9.18 Å². The van der Waals surface area contributed by atoms with E-state index in [0.717, 1.165) is 9.77 Å². The van der Waals surface area contributed by atoms with Crippen molar-refractivity contribution in [3.63, 3.8) is 0 Å². The van der Waals surface area contributed by atoms with Gasteiger partial charge in [-0.25, -0.2) is 9.37 Å². The van der Waals surface area contributed by atoms with E-state index in [0.29, 0.717) is 17.2 Å². The maximum Gasteiger partial charge on any atom is 0.170 e. The molecular weight excluding hydrogens is 286 g/mol. The van der Waals surface area contributed by atoms with Crippen LogP contribution in [0.3, 0.4) is 0 Å². The van der Waals surface area contributed by atoms with Crippen LogP contribution >= 0.6 is 22.6 Å². The summed E-state index contributed by atoms with van der Waals surface area (Å²) < 4.78 is 13.9. The zero-order chi connectivity index (χ0) is 9.42. The number of fused-ring (bicyclic) bond motifs is 1. The molecule has 0 radical (unpaired) electrons. The molecule has 2 heterocycles. The molecule has 2 aromatic heterocycles. The highest BCUT2D eigenvalue weighted by Crippen LogP contribution is 2.23. The van der Waals surface area contributed by atoms with Gasteiger partial charge in [-0.1, -0.05) is 0 Å². The van der Waals surface area contributed by atoms with Gasteiger partial charge in [0.1, 0.15) is 5.69 Å². The number of rotatable bonds is 1. The van der Waals surface area contributed by atoms with Crippen molar-refractivity contribution >= 4 is 39.8 Å². The Bertz CT molecular complexity index is 480. The summed E-state index contributed by atoms with van der Waals surface area (Å²) in [6.07, 6.45) is 3.30. The maximum absolute atomic E-state index is 13.2. The Kier molecular flexibility index (Phi) is 2.03. The van der Waals surface area contributed by atoms with Gasteiger partial charge in [0.15, 0.2) is 12.1 Å². The average Bonchev–Trinajstić information content (AvgIpc) is 2.50. The van der Waals surface area contributed by atoms with Crippen LogP contribution in [0.25, 0.3) is 10.9 Å². The van der Waals surface area contributed by atoms with E-state index in [2.05, 4.69) is 9.97 Å². The molecule has 3 nitrogen and oxygen atoms in total. The Hall–Kier alpha value is -0.980. The van der Waals surface area contributed by atoms with Crippen molar-refractivity contribution in [2.24, 2.45) is 0 Å². The van der Waals surface area contributed by atoms with E-state index in [-0.39, 0.29) is 5.69 Å². The number of hydrogen-bond acceptors (Lipinski definition) is 2. The second kappa shape index (κ2) is 3.06.